The van der Waals surface area contributed by atoms with Gasteiger partial charge in [-0.05, 0) is 35.0 Å². The molecule has 2 rings (SSSR count). The van der Waals surface area contributed by atoms with Gasteiger partial charge in [-0.15, -0.1) is 11.3 Å². The minimum Gasteiger partial charge on any atom is -0.394 e. The molecule has 3 nitrogen and oxygen atoms in total. The fraction of sp³-hybridized carbons (Fsp3) is 0.250. The Labute approximate surface area is 113 Å². The number of nitrogens with one attached hydrogen (secondary N) is 1. The van der Waals surface area contributed by atoms with Gasteiger partial charge in [0.2, 0.25) is 0 Å². The van der Waals surface area contributed by atoms with Crippen LogP contribution in [0.15, 0.2) is 34.1 Å². The molecule has 1 unspecified atom stereocenters. The Morgan fingerprint density at radius 1 is 1.47 bits per heavy atom. The van der Waals surface area contributed by atoms with Crippen molar-refractivity contribution < 1.29 is 5.11 Å². The van der Waals surface area contributed by atoms with E-state index in [4.69, 9.17) is 0 Å². The van der Waals surface area contributed by atoms with Gasteiger partial charge < -0.3 is 10.4 Å². The first-order chi connectivity index (χ1) is 8.20. The summed E-state index contributed by atoms with van der Waals surface area (Å²) >= 11 is 5.06. The first-order valence-corrected chi connectivity index (χ1v) is 6.92. The zero-order chi connectivity index (χ0) is 12.3. The first-order valence-electron chi connectivity index (χ1n) is 5.24. The Kier molecular flexibility index (Phi) is 4.15. The third-order valence-corrected chi connectivity index (χ3v) is 3.86. The van der Waals surface area contributed by atoms with E-state index in [2.05, 4.69) is 26.2 Å². The van der Waals surface area contributed by atoms with Crippen LogP contribution >= 0.6 is 27.3 Å². The van der Waals surface area contributed by atoms with Crippen LogP contribution in [-0.4, -0.2) is 16.7 Å². The lowest BCUT2D eigenvalue weighted by molar-refractivity contribution is 0.274. The summed E-state index contributed by atoms with van der Waals surface area (Å²) in [6.07, 6.45) is 0. The number of hydrogen-bond acceptors (Lipinski definition) is 4. The van der Waals surface area contributed by atoms with Crippen LogP contribution in [0.5, 0.6) is 0 Å². The molecule has 17 heavy (non-hydrogen) atoms. The molecule has 1 aromatic carbocycles. The van der Waals surface area contributed by atoms with E-state index in [1.54, 1.807) is 11.3 Å². The molecular weight excluding hydrogens is 300 g/mol. The van der Waals surface area contributed by atoms with Crippen molar-refractivity contribution >= 4 is 33.0 Å². The van der Waals surface area contributed by atoms with E-state index in [1.807, 2.05) is 36.6 Å². The second-order valence-electron chi connectivity index (χ2n) is 3.65. The number of nitrogens with zero attached hydrogens (tertiary/aromatic N) is 1. The maximum Gasteiger partial charge on any atom is 0.0926 e. The molecule has 90 valence electrons. The monoisotopic (exact) mass is 312 g/mol. The zero-order valence-electron chi connectivity index (χ0n) is 9.35. The van der Waals surface area contributed by atoms with Gasteiger partial charge in [0.05, 0.1) is 23.4 Å². The summed E-state index contributed by atoms with van der Waals surface area (Å²) in [5.41, 5.74) is 1.84. The molecule has 0 aliphatic heterocycles. The van der Waals surface area contributed by atoms with Crippen LogP contribution < -0.4 is 5.32 Å². The number of aliphatic hydroxyl groups is 1. The number of aryl methyl sites for hydroxylation is 1. The van der Waals surface area contributed by atoms with E-state index in [9.17, 15) is 5.11 Å². The average molecular weight is 313 g/mol. The lowest BCUT2D eigenvalue weighted by Crippen LogP contribution is -2.15. The predicted octanol–water partition coefficient (Wildman–Crippen LogP) is 3.36. The van der Waals surface area contributed by atoms with Crippen LogP contribution in [-0.2, 0) is 0 Å². The molecule has 0 fully saturated rings. The number of thiazole rings is 1. The largest absolute Gasteiger partial charge is 0.394 e. The third-order valence-electron chi connectivity index (χ3n) is 2.38. The van der Waals surface area contributed by atoms with Crippen molar-refractivity contribution in [3.63, 3.8) is 0 Å². The van der Waals surface area contributed by atoms with Gasteiger partial charge in [0.15, 0.2) is 0 Å². The molecule has 1 heterocycles. The summed E-state index contributed by atoms with van der Waals surface area (Å²) < 4.78 is 0.977. The molecule has 1 atom stereocenters. The molecular formula is C12H13BrN2OS. The molecule has 0 amide bonds. The van der Waals surface area contributed by atoms with E-state index >= 15 is 0 Å². The van der Waals surface area contributed by atoms with Gasteiger partial charge in [-0.25, -0.2) is 4.98 Å². The summed E-state index contributed by atoms with van der Waals surface area (Å²) in [5.74, 6) is 0. The van der Waals surface area contributed by atoms with Crippen LogP contribution in [0.25, 0.3) is 0 Å². The van der Waals surface area contributed by atoms with Gasteiger partial charge in [0.1, 0.15) is 0 Å². The molecule has 0 bridgehead atoms. The average Bonchev–Trinajstić information content (AvgIpc) is 2.75. The fourth-order valence-electron chi connectivity index (χ4n) is 1.52. The van der Waals surface area contributed by atoms with Gasteiger partial charge in [-0.3, -0.25) is 0 Å². The highest BCUT2D eigenvalue weighted by Crippen LogP contribution is 2.26. The fourth-order valence-corrected chi connectivity index (χ4v) is 2.58. The quantitative estimate of drug-likeness (QED) is 0.910. The molecule has 0 aliphatic rings. The topological polar surface area (TPSA) is 45.2 Å². The Hall–Kier alpha value is -0.910. The minimum atomic E-state index is -0.168. The van der Waals surface area contributed by atoms with E-state index in [0.717, 1.165) is 20.9 Å². The van der Waals surface area contributed by atoms with E-state index in [-0.39, 0.29) is 12.6 Å². The molecule has 1 aromatic heterocycles. The third kappa shape index (κ3) is 3.06. The van der Waals surface area contributed by atoms with Crippen molar-refractivity contribution in [2.24, 2.45) is 0 Å². The SMILES string of the molecule is Cc1nc(C(CO)Nc2ccccc2Br)cs1. The van der Waals surface area contributed by atoms with Crippen LogP contribution in [0.3, 0.4) is 0 Å². The molecule has 0 saturated carbocycles. The van der Waals surface area contributed by atoms with E-state index in [0.29, 0.717) is 0 Å². The van der Waals surface area contributed by atoms with Gasteiger partial charge in [-0.1, -0.05) is 12.1 Å². The molecule has 2 N–H and O–H groups in total. The molecule has 2 aromatic rings. The highest BCUT2D eigenvalue weighted by Gasteiger charge is 2.14. The predicted molar refractivity (Wildman–Crippen MR) is 74.4 cm³/mol. The first kappa shape index (κ1) is 12.5. The number of benzene rings is 1. The molecule has 0 saturated heterocycles. The Bertz CT molecular complexity index is 501. The van der Waals surface area contributed by atoms with Crippen molar-refractivity contribution in [3.8, 4) is 0 Å². The van der Waals surface area contributed by atoms with Crippen LogP contribution in [0.1, 0.15) is 16.7 Å². The van der Waals surface area contributed by atoms with Crippen molar-refractivity contribution in [2.75, 3.05) is 11.9 Å². The lowest BCUT2D eigenvalue weighted by Gasteiger charge is -2.16. The Morgan fingerprint density at radius 3 is 2.82 bits per heavy atom. The maximum atomic E-state index is 9.43. The summed E-state index contributed by atoms with van der Waals surface area (Å²) in [6, 6.07) is 7.66. The second-order valence-corrected chi connectivity index (χ2v) is 5.57. The molecule has 0 spiro atoms. The Balaban J connectivity index is 2.18. The number of anilines is 1. The Morgan fingerprint density at radius 2 is 2.24 bits per heavy atom. The van der Waals surface area contributed by atoms with Gasteiger partial charge in [-0.2, -0.15) is 0 Å². The number of rotatable bonds is 4. The van der Waals surface area contributed by atoms with Crippen molar-refractivity contribution in [1.29, 1.82) is 0 Å². The lowest BCUT2D eigenvalue weighted by atomic mass is 10.2. The highest BCUT2D eigenvalue weighted by molar-refractivity contribution is 9.10. The van der Waals surface area contributed by atoms with E-state index in [1.165, 1.54) is 0 Å². The van der Waals surface area contributed by atoms with E-state index < -0.39 is 0 Å². The maximum absolute atomic E-state index is 9.43. The summed E-state index contributed by atoms with van der Waals surface area (Å²) in [4.78, 5) is 4.39. The summed E-state index contributed by atoms with van der Waals surface area (Å²) in [7, 11) is 0. The van der Waals surface area contributed by atoms with Crippen molar-refractivity contribution in [2.45, 2.75) is 13.0 Å². The number of halogens is 1. The second kappa shape index (κ2) is 5.62. The summed E-state index contributed by atoms with van der Waals surface area (Å²) in [5, 5.41) is 15.7. The van der Waals surface area contributed by atoms with Gasteiger partial charge in [0, 0.05) is 15.5 Å². The van der Waals surface area contributed by atoms with Crippen LogP contribution in [0.2, 0.25) is 0 Å². The molecule has 0 aliphatic carbocycles. The number of aromatic nitrogens is 1. The minimum absolute atomic E-state index is 0.0184. The van der Waals surface area contributed by atoms with Gasteiger partial charge in [0.25, 0.3) is 0 Å². The normalized spacial score (nSPS) is 12.4. The summed E-state index contributed by atoms with van der Waals surface area (Å²) in [6.45, 7) is 1.98. The van der Waals surface area contributed by atoms with Crippen LogP contribution in [0, 0.1) is 6.92 Å². The van der Waals surface area contributed by atoms with Crippen molar-refractivity contribution in [1.82, 2.24) is 4.98 Å². The smallest absolute Gasteiger partial charge is 0.0926 e. The van der Waals surface area contributed by atoms with Gasteiger partial charge >= 0.3 is 0 Å². The number of aliphatic hydroxyl groups excluding tert-OH is 1. The number of hydrogen-bond donors (Lipinski definition) is 2. The zero-order valence-corrected chi connectivity index (χ0v) is 11.8. The standard InChI is InChI=1S/C12H13BrN2OS/c1-8-14-12(7-17-8)11(6-16)15-10-5-3-2-4-9(10)13/h2-5,7,11,15-16H,6H2,1H3. The number of para-hydroxylation sites is 1. The highest BCUT2D eigenvalue weighted by atomic mass is 79.9. The van der Waals surface area contributed by atoms with Crippen molar-refractivity contribution in [3.05, 3.63) is 44.8 Å². The van der Waals surface area contributed by atoms with Crippen LogP contribution in [0.4, 0.5) is 5.69 Å². The molecule has 5 heteroatoms. The molecule has 0 radical (unpaired) electrons.